The Bertz CT molecular complexity index is 120. The molecule has 1 rings (SSSR count). The molecule has 1 fully saturated rings. The molecule has 72 valence electrons. The minimum atomic E-state index is -0.231. The first-order valence-corrected chi connectivity index (χ1v) is 4.69. The summed E-state index contributed by atoms with van der Waals surface area (Å²) in [6, 6.07) is 0.457. The van der Waals surface area contributed by atoms with E-state index in [4.69, 9.17) is 4.74 Å². The smallest absolute Gasteiger partial charge is 0.0687 e. The normalized spacial score (nSPS) is 26.5. The van der Waals surface area contributed by atoms with Gasteiger partial charge < -0.3 is 15.2 Å². The third-order valence-corrected chi connectivity index (χ3v) is 2.31. The minimum Gasteiger partial charge on any atom is -0.392 e. The summed E-state index contributed by atoms with van der Waals surface area (Å²) in [6.07, 6.45) is 0.843. The van der Waals surface area contributed by atoms with Gasteiger partial charge in [-0.2, -0.15) is 0 Å². The summed E-state index contributed by atoms with van der Waals surface area (Å²) in [5.41, 5.74) is 0. The molecular formula is C9H19NO2. The third-order valence-electron chi connectivity index (χ3n) is 2.31. The van der Waals surface area contributed by atoms with Gasteiger partial charge in [-0.1, -0.05) is 13.8 Å². The molecule has 12 heavy (non-hydrogen) atoms. The molecule has 2 unspecified atom stereocenters. The highest BCUT2D eigenvalue weighted by atomic mass is 16.5. The summed E-state index contributed by atoms with van der Waals surface area (Å²) in [6.45, 7) is 6.39. The molecular weight excluding hydrogens is 154 g/mol. The van der Waals surface area contributed by atoms with Gasteiger partial charge in [0.15, 0.2) is 0 Å². The van der Waals surface area contributed by atoms with Crippen molar-refractivity contribution in [3.8, 4) is 0 Å². The van der Waals surface area contributed by atoms with Gasteiger partial charge in [-0.15, -0.1) is 0 Å². The lowest BCUT2D eigenvalue weighted by atomic mass is 10.1. The first kappa shape index (κ1) is 9.96. The van der Waals surface area contributed by atoms with Crippen molar-refractivity contribution >= 4 is 0 Å². The average molecular weight is 173 g/mol. The van der Waals surface area contributed by atoms with Crippen molar-refractivity contribution < 1.29 is 9.84 Å². The van der Waals surface area contributed by atoms with Crippen LogP contribution in [0.5, 0.6) is 0 Å². The monoisotopic (exact) mass is 173 g/mol. The maximum atomic E-state index is 9.48. The van der Waals surface area contributed by atoms with Crippen LogP contribution < -0.4 is 5.32 Å². The van der Waals surface area contributed by atoms with E-state index in [1.165, 1.54) is 0 Å². The average Bonchev–Trinajstić information content (AvgIpc) is 2.51. The molecule has 3 heteroatoms. The van der Waals surface area contributed by atoms with E-state index >= 15 is 0 Å². The lowest BCUT2D eigenvalue weighted by molar-refractivity contribution is 0.118. The topological polar surface area (TPSA) is 41.5 Å². The van der Waals surface area contributed by atoms with Crippen LogP contribution in [-0.2, 0) is 4.74 Å². The lowest BCUT2D eigenvalue weighted by Crippen LogP contribution is -2.37. The Morgan fingerprint density at radius 1 is 1.58 bits per heavy atom. The maximum Gasteiger partial charge on any atom is 0.0687 e. The Balaban J connectivity index is 2.07. The van der Waals surface area contributed by atoms with Crippen molar-refractivity contribution in [2.45, 2.75) is 32.4 Å². The molecule has 3 nitrogen and oxygen atoms in total. The number of aliphatic hydroxyl groups excluding tert-OH is 1. The van der Waals surface area contributed by atoms with E-state index in [1.807, 2.05) is 13.8 Å². The van der Waals surface area contributed by atoms with Crippen molar-refractivity contribution in [3.05, 3.63) is 0 Å². The van der Waals surface area contributed by atoms with Gasteiger partial charge in [0.05, 0.1) is 12.7 Å². The van der Waals surface area contributed by atoms with Crippen LogP contribution in [0.4, 0.5) is 0 Å². The van der Waals surface area contributed by atoms with Crippen LogP contribution in [0, 0.1) is 5.92 Å². The van der Waals surface area contributed by atoms with Gasteiger partial charge in [-0.25, -0.2) is 0 Å². The molecule has 0 aromatic carbocycles. The van der Waals surface area contributed by atoms with Gasteiger partial charge in [0.1, 0.15) is 0 Å². The summed E-state index contributed by atoms with van der Waals surface area (Å²) in [4.78, 5) is 0. The highest BCUT2D eigenvalue weighted by Crippen LogP contribution is 2.05. The lowest BCUT2D eigenvalue weighted by Gasteiger charge is -2.17. The van der Waals surface area contributed by atoms with E-state index in [2.05, 4.69) is 5.32 Å². The number of rotatable bonds is 4. The molecule has 1 heterocycles. The van der Waals surface area contributed by atoms with Crippen molar-refractivity contribution in [2.24, 2.45) is 5.92 Å². The molecule has 0 aromatic heterocycles. The Kier molecular flexibility index (Phi) is 3.98. The zero-order valence-electron chi connectivity index (χ0n) is 7.92. The second-order valence-corrected chi connectivity index (χ2v) is 3.78. The molecule has 1 aliphatic rings. The first-order valence-electron chi connectivity index (χ1n) is 4.69. The molecule has 2 N–H and O–H groups in total. The number of hydrogen-bond acceptors (Lipinski definition) is 3. The van der Waals surface area contributed by atoms with Crippen LogP contribution in [-0.4, -0.2) is 37.0 Å². The van der Waals surface area contributed by atoms with Crippen LogP contribution >= 0.6 is 0 Å². The van der Waals surface area contributed by atoms with Crippen LogP contribution in [0.25, 0.3) is 0 Å². The van der Waals surface area contributed by atoms with Crippen molar-refractivity contribution in [3.63, 3.8) is 0 Å². The van der Waals surface area contributed by atoms with E-state index < -0.39 is 0 Å². The fourth-order valence-electron chi connectivity index (χ4n) is 1.22. The molecule has 0 saturated carbocycles. The zero-order valence-corrected chi connectivity index (χ0v) is 7.92. The van der Waals surface area contributed by atoms with Gasteiger partial charge in [-0.3, -0.25) is 0 Å². The highest BCUT2D eigenvalue weighted by molar-refractivity contribution is 4.73. The van der Waals surface area contributed by atoms with Crippen LogP contribution in [0.3, 0.4) is 0 Å². The van der Waals surface area contributed by atoms with Crippen molar-refractivity contribution in [2.75, 3.05) is 19.8 Å². The predicted octanol–water partition coefficient (Wildman–Crippen LogP) is 0.382. The fourth-order valence-corrected chi connectivity index (χ4v) is 1.22. The maximum absolute atomic E-state index is 9.48. The molecule has 0 spiro atoms. The van der Waals surface area contributed by atoms with Crippen molar-refractivity contribution in [1.29, 1.82) is 0 Å². The van der Waals surface area contributed by atoms with Crippen LogP contribution in [0.15, 0.2) is 0 Å². The number of hydrogen-bond donors (Lipinski definition) is 2. The van der Waals surface area contributed by atoms with E-state index in [-0.39, 0.29) is 6.10 Å². The second kappa shape index (κ2) is 4.80. The van der Waals surface area contributed by atoms with E-state index in [1.54, 1.807) is 0 Å². The summed E-state index contributed by atoms with van der Waals surface area (Å²) in [7, 11) is 0. The van der Waals surface area contributed by atoms with Crippen LogP contribution in [0.2, 0.25) is 0 Å². The summed E-state index contributed by atoms with van der Waals surface area (Å²) < 4.78 is 5.21. The molecule has 0 aromatic rings. The summed E-state index contributed by atoms with van der Waals surface area (Å²) in [5, 5.41) is 12.8. The number of aliphatic hydroxyl groups is 1. The number of ether oxygens (including phenoxy) is 1. The van der Waals surface area contributed by atoms with E-state index in [9.17, 15) is 5.11 Å². The molecule has 2 atom stereocenters. The zero-order chi connectivity index (χ0) is 8.97. The fraction of sp³-hybridized carbons (Fsp3) is 1.00. The predicted molar refractivity (Wildman–Crippen MR) is 48.1 cm³/mol. The SMILES string of the molecule is CC(C)C(O)CNC1CCOC1. The molecule has 1 saturated heterocycles. The van der Waals surface area contributed by atoms with E-state index in [0.29, 0.717) is 18.5 Å². The Labute approximate surface area is 74.1 Å². The third kappa shape index (κ3) is 3.09. The van der Waals surface area contributed by atoms with Gasteiger partial charge in [-0.05, 0) is 12.3 Å². The number of nitrogens with one attached hydrogen (secondary N) is 1. The summed E-state index contributed by atoms with van der Waals surface area (Å²) >= 11 is 0. The molecule has 0 radical (unpaired) electrons. The molecule has 1 aliphatic heterocycles. The van der Waals surface area contributed by atoms with Gasteiger partial charge in [0.25, 0.3) is 0 Å². The van der Waals surface area contributed by atoms with E-state index in [0.717, 1.165) is 19.6 Å². The standard InChI is InChI=1S/C9H19NO2/c1-7(2)9(11)5-10-8-3-4-12-6-8/h7-11H,3-6H2,1-2H3. The Morgan fingerprint density at radius 2 is 2.33 bits per heavy atom. The van der Waals surface area contributed by atoms with Crippen LogP contribution in [0.1, 0.15) is 20.3 Å². The van der Waals surface area contributed by atoms with Gasteiger partial charge >= 0.3 is 0 Å². The summed E-state index contributed by atoms with van der Waals surface area (Å²) in [5.74, 6) is 0.333. The highest BCUT2D eigenvalue weighted by Gasteiger charge is 2.17. The van der Waals surface area contributed by atoms with Gasteiger partial charge in [0.2, 0.25) is 0 Å². The largest absolute Gasteiger partial charge is 0.392 e. The quantitative estimate of drug-likeness (QED) is 0.646. The minimum absolute atomic E-state index is 0.231. The van der Waals surface area contributed by atoms with Gasteiger partial charge in [0, 0.05) is 19.2 Å². The molecule has 0 bridgehead atoms. The first-order chi connectivity index (χ1) is 5.70. The van der Waals surface area contributed by atoms with Crippen molar-refractivity contribution in [1.82, 2.24) is 5.32 Å². The Morgan fingerprint density at radius 3 is 2.83 bits per heavy atom. The molecule has 0 aliphatic carbocycles. The molecule has 0 amide bonds. The Hall–Kier alpha value is -0.120. The second-order valence-electron chi connectivity index (χ2n) is 3.78.